The van der Waals surface area contributed by atoms with E-state index in [2.05, 4.69) is 16.9 Å². The van der Waals surface area contributed by atoms with Crippen molar-refractivity contribution < 1.29 is 13.2 Å². The Bertz CT molecular complexity index is 571. The summed E-state index contributed by atoms with van der Waals surface area (Å²) in [7, 11) is -3.47. The maximum absolute atomic E-state index is 12.2. The van der Waals surface area contributed by atoms with Crippen LogP contribution in [0.4, 0.5) is 0 Å². The highest BCUT2D eigenvalue weighted by molar-refractivity contribution is 7.89. The average molecular weight is 283 g/mol. The highest BCUT2D eigenvalue weighted by atomic mass is 32.2. The van der Waals surface area contributed by atoms with Crippen LogP contribution in [0.3, 0.4) is 0 Å². The number of nitrogens with one attached hydrogen (secondary N) is 2. The highest BCUT2D eigenvalue weighted by Gasteiger charge is 2.28. The minimum Gasteiger partial charge on any atom is -0.356 e. The van der Waals surface area contributed by atoms with E-state index >= 15 is 0 Å². The maximum atomic E-state index is 12.2. The zero-order chi connectivity index (χ0) is 13.9. The van der Waals surface area contributed by atoms with Crippen molar-refractivity contribution in [2.24, 2.45) is 0 Å². The second kappa shape index (κ2) is 5.58. The molecule has 0 bridgehead atoms. The second-order valence-corrected chi connectivity index (χ2v) is 6.30. The normalized spacial score (nSPS) is 16.4. The van der Waals surface area contributed by atoms with Crippen LogP contribution in [0, 0.1) is 0 Å². The number of carbonyl (C=O) groups is 1. The summed E-state index contributed by atoms with van der Waals surface area (Å²) in [5, 5.41) is 2.59. The molecule has 104 valence electrons. The van der Waals surface area contributed by atoms with Gasteiger partial charge in [-0.05, 0) is 18.9 Å². The minimum atomic E-state index is -3.47. The SMILES string of the molecule is C=CCNC(=O)c1cc(S(=O)(=O)N2CCCC2)c[nH]1. The molecule has 2 rings (SSSR count). The first kappa shape index (κ1) is 13.8. The molecule has 1 amide bonds. The summed E-state index contributed by atoms with van der Waals surface area (Å²) in [5.74, 6) is -0.345. The number of hydrogen-bond donors (Lipinski definition) is 2. The molecule has 0 aromatic carbocycles. The zero-order valence-electron chi connectivity index (χ0n) is 10.6. The molecule has 1 aliphatic rings. The number of aromatic amines is 1. The van der Waals surface area contributed by atoms with Crippen molar-refractivity contribution >= 4 is 15.9 Å². The molecule has 19 heavy (non-hydrogen) atoms. The number of amides is 1. The van der Waals surface area contributed by atoms with Gasteiger partial charge in [-0.25, -0.2) is 8.42 Å². The van der Waals surface area contributed by atoms with Gasteiger partial charge in [0.2, 0.25) is 10.0 Å². The number of nitrogens with zero attached hydrogens (tertiary/aromatic N) is 1. The molecule has 1 aromatic heterocycles. The number of hydrogen-bond acceptors (Lipinski definition) is 3. The van der Waals surface area contributed by atoms with Crippen LogP contribution >= 0.6 is 0 Å². The Labute approximate surface area is 112 Å². The molecule has 0 aliphatic carbocycles. The van der Waals surface area contributed by atoms with E-state index in [-0.39, 0.29) is 16.5 Å². The van der Waals surface area contributed by atoms with E-state index in [0.29, 0.717) is 19.6 Å². The van der Waals surface area contributed by atoms with Crippen LogP contribution < -0.4 is 5.32 Å². The smallest absolute Gasteiger partial charge is 0.267 e. The lowest BCUT2D eigenvalue weighted by molar-refractivity contribution is 0.0953. The lowest BCUT2D eigenvalue weighted by Crippen LogP contribution is -2.27. The molecule has 7 heteroatoms. The molecule has 0 saturated carbocycles. The van der Waals surface area contributed by atoms with Crippen LogP contribution in [0.25, 0.3) is 0 Å². The van der Waals surface area contributed by atoms with Crippen LogP contribution in [0.15, 0.2) is 29.8 Å². The van der Waals surface area contributed by atoms with Gasteiger partial charge >= 0.3 is 0 Å². The number of carbonyl (C=O) groups excluding carboxylic acids is 1. The van der Waals surface area contributed by atoms with E-state index in [0.717, 1.165) is 12.8 Å². The summed E-state index contributed by atoms with van der Waals surface area (Å²) < 4.78 is 25.9. The fraction of sp³-hybridized carbons (Fsp3) is 0.417. The maximum Gasteiger partial charge on any atom is 0.267 e. The standard InChI is InChI=1S/C12H17N3O3S/c1-2-5-13-12(16)11-8-10(9-14-11)19(17,18)15-6-3-4-7-15/h2,8-9,14H,1,3-7H2,(H,13,16). The predicted molar refractivity (Wildman–Crippen MR) is 71.3 cm³/mol. The molecule has 1 aromatic rings. The van der Waals surface area contributed by atoms with E-state index in [1.165, 1.54) is 16.6 Å². The van der Waals surface area contributed by atoms with Crippen molar-refractivity contribution in [3.63, 3.8) is 0 Å². The van der Waals surface area contributed by atoms with Gasteiger partial charge in [0.25, 0.3) is 5.91 Å². The van der Waals surface area contributed by atoms with E-state index < -0.39 is 10.0 Å². The molecule has 1 fully saturated rings. The number of H-pyrrole nitrogens is 1. The van der Waals surface area contributed by atoms with Gasteiger partial charge in [-0.3, -0.25) is 4.79 Å². The molecule has 1 aliphatic heterocycles. The van der Waals surface area contributed by atoms with Gasteiger partial charge in [0.15, 0.2) is 0 Å². The van der Waals surface area contributed by atoms with Crippen LogP contribution in [-0.4, -0.2) is 43.2 Å². The summed E-state index contributed by atoms with van der Waals surface area (Å²) >= 11 is 0. The Kier molecular flexibility index (Phi) is 4.06. The lowest BCUT2D eigenvalue weighted by atomic mass is 10.4. The van der Waals surface area contributed by atoms with E-state index in [1.54, 1.807) is 6.08 Å². The molecule has 2 heterocycles. The molecular weight excluding hydrogens is 266 g/mol. The molecule has 0 spiro atoms. The first-order valence-electron chi connectivity index (χ1n) is 6.13. The van der Waals surface area contributed by atoms with Gasteiger partial charge in [0.1, 0.15) is 10.6 Å². The predicted octanol–water partition coefficient (Wildman–Crippen LogP) is 0.715. The Morgan fingerprint density at radius 3 is 2.79 bits per heavy atom. The van der Waals surface area contributed by atoms with Crippen LogP contribution in [0.1, 0.15) is 23.3 Å². The largest absolute Gasteiger partial charge is 0.356 e. The molecule has 0 radical (unpaired) electrons. The van der Waals surface area contributed by atoms with Crippen molar-refractivity contribution in [3.05, 3.63) is 30.6 Å². The van der Waals surface area contributed by atoms with Crippen molar-refractivity contribution in [3.8, 4) is 0 Å². The summed E-state index contributed by atoms with van der Waals surface area (Å²) in [6, 6.07) is 1.37. The molecular formula is C12H17N3O3S. The Morgan fingerprint density at radius 1 is 1.47 bits per heavy atom. The third-order valence-electron chi connectivity index (χ3n) is 3.01. The van der Waals surface area contributed by atoms with Crippen LogP contribution in [0.5, 0.6) is 0 Å². The molecule has 6 nitrogen and oxygen atoms in total. The van der Waals surface area contributed by atoms with Gasteiger partial charge in [0, 0.05) is 25.8 Å². The van der Waals surface area contributed by atoms with Crippen LogP contribution in [-0.2, 0) is 10.0 Å². The van der Waals surface area contributed by atoms with E-state index in [1.807, 2.05) is 0 Å². The van der Waals surface area contributed by atoms with Gasteiger partial charge in [-0.15, -0.1) is 6.58 Å². The second-order valence-electron chi connectivity index (χ2n) is 4.36. The van der Waals surface area contributed by atoms with Gasteiger partial charge < -0.3 is 10.3 Å². The average Bonchev–Trinajstić information content (AvgIpc) is 3.05. The Balaban J connectivity index is 2.16. The Hall–Kier alpha value is -1.60. The topological polar surface area (TPSA) is 82.3 Å². The van der Waals surface area contributed by atoms with E-state index in [9.17, 15) is 13.2 Å². The fourth-order valence-electron chi connectivity index (χ4n) is 1.99. The highest BCUT2D eigenvalue weighted by Crippen LogP contribution is 2.21. The molecule has 1 saturated heterocycles. The zero-order valence-corrected chi connectivity index (χ0v) is 11.4. The summed E-state index contributed by atoms with van der Waals surface area (Å²) in [4.78, 5) is 14.5. The van der Waals surface area contributed by atoms with Crippen molar-refractivity contribution in [2.45, 2.75) is 17.7 Å². The van der Waals surface area contributed by atoms with Gasteiger partial charge in [-0.2, -0.15) is 4.31 Å². The lowest BCUT2D eigenvalue weighted by Gasteiger charge is -2.13. The minimum absolute atomic E-state index is 0.137. The summed E-state index contributed by atoms with van der Waals surface area (Å²) in [6.07, 6.45) is 4.69. The van der Waals surface area contributed by atoms with Crippen molar-refractivity contribution in [2.75, 3.05) is 19.6 Å². The van der Waals surface area contributed by atoms with Gasteiger partial charge in [-0.1, -0.05) is 6.08 Å². The number of rotatable bonds is 5. The first-order chi connectivity index (χ1) is 9.05. The van der Waals surface area contributed by atoms with Crippen molar-refractivity contribution in [1.82, 2.24) is 14.6 Å². The summed E-state index contributed by atoms with van der Waals surface area (Å²) in [5.41, 5.74) is 0.236. The van der Waals surface area contributed by atoms with E-state index in [4.69, 9.17) is 0 Å². The summed E-state index contributed by atoms with van der Waals surface area (Å²) in [6.45, 7) is 4.93. The van der Waals surface area contributed by atoms with Crippen molar-refractivity contribution in [1.29, 1.82) is 0 Å². The first-order valence-corrected chi connectivity index (χ1v) is 7.57. The molecule has 0 atom stereocenters. The Morgan fingerprint density at radius 2 is 2.16 bits per heavy atom. The van der Waals surface area contributed by atoms with Gasteiger partial charge in [0.05, 0.1) is 0 Å². The quantitative estimate of drug-likeness (QED) is 0.781. The number of aromatic nitrogens is 1. The molecule has 0 unspecified atom stereocenters. The third-order valence-corrected chi connectivity index (χ3v) is 4.89. The molecule has 2 N–H and O–H groups in total. The van der Waals surface area contributed by atoms with Crippen LogP contribution in [0.2, 0.25) is 0 Å². The fourth-order valence-corrected chi connectivity index (χ4v) is 3.50. The number of sulfonamides is 1. The monoisotopic (exact) mass is 283 g/mol. The third kappa shape index (κ3) is 2.87.